The van der Waals surface area contributed by atoms with Crippen molar-refractivity contribution < 1.29 is 19.1 Å². The molecule has 3 amide bonds. The fourth-order valence-corrected chi connectivity index (χ4v) is 4.07. The monoisotopic (exact) mass is 459 g/mol. The fraction of sp³-hybridized carbons (Fsp3) is 0.654. The number of nitrogens with one attached hydrogen (secondary N) is 2. The Balaban J connectivity index is 2.37. The van der Waals surface area contributed by atoms with E-state index >= 15 is 0 Å². The van der Waals surface area contributed by atoms with Gasteiger partial charge in [0, 0.05) is 12.1 Å². The summed E-state index contributed by atoms with van der Waals surface area (Å²) in [6.45, 7) is 15.0. The van der Waals surface area contributed by atoms with E-state index in [4.69, 9.17) is 4.74 Å². The van der Waals surface area contributed by atoms with Crippen molar-refractivity contribution in [2.75, 3.05) is 0 Å². The van der Waals surface area contributed by atoms with Crippen LogP contribution < -0.4 is 10.6 Å². The molecule has 7 heteroatoms. The van der Waals surface area contributed by atoms with Gasteiger partial charge in [-0.3, -0.25) is 9.59 Å². The quantitative estimate of drug-likeness (QED) is 0.567. The number of ether oxygens (including phenoxy) is 1. The highest BCUT2D eigenvalue weighted by Crippen LogP contribution is 2.36. The maximum atomic E-state index is 13.6. The number of rotatable bonds is 9. The van der Waals surface area contributed by atoms with Gasteiger partial charge in [0.15, 0.2) is 0 Å². The van der Waals surface area contributed by atoms with Crippen LogP contribution in [-0.2, 0) is 14.3 Å². The molecule has 3 unspecified atom stereocenters. The van der Waals surface area contributed by atoms with E-state index in [1.807, 2.05) is 39.0 Å². The second-order valence-electron chi connectivity index (χ2n) is 10.4. The standard InChI is InChI=1S/C26H41N3O4/c1-9-10-18(4)27-23(30)22(20-14-16(2)13-17(3)15-20)29(21-11-12-21)24(31)19(5)28-25(32)33-26(6,7)8/h13-15,18-19,21-22H,9-12H2,1-8H3,(H,27,30)(H,28,32). The van der Waals surface area contributed by atoms with Gasteiger partial charge in [-0.25, -0.2) is 4.79 Å². The largest absolute Gasteiger partial charge is 0.444 e. The van der Waals surface area contributed by atoms with Crippen LogP contribution in [-0.4, -0.2) is 46.5 Å². The molecule has 2 N–H and O–H groups in total. The van der Waals surface area contributed by atoms with Crippen LogP contribution in [0, 0.1) is 13.8 Å². The Morgan fingerprint density at radius 2 is 1.64 bits per heavy atom. The van der Waals surface area contributed by atoms with Crippen LogP contribution >= 0.6 is 0 Å². The number of hydrogen-bond donors (Lipinski definition) is 2. The maximum absolute atomic E-state index is 13.6. The summed E-state index contributed by atoms with van der Waals surface area (Å²) in [4.78, 5) is 41.1. The van der Waals surface area contributed by atoms with E-state index < -0.39 is 23.8 Å². The van der Waals surface area contributed by atoms with Crippen molar-refractivity contribution in [3.63, 3.8) is 0 Å². The molecule has 0 saturated heterocycles. The number of carbonyl (C=O) groups is 3. The molecule has 1 aliphatic rings. The summed E-state index contributed by atoms with van der Waals surface area (Å²) >= 11 is 0. The Morgan fingerprint density at radius 1 is 1.06 bits per heavy atom. The van der Waals surface area contributed by atoms with Crippen molar-refractivity contribution in [3.8, 4) is 0 Å². The number of nitrogens with zero attached hydrogens (tertiary/aromatic N) is 1. The van der Waals surface area contributed by atoms with E-state index in [0.29, 0.717) is 0 Å². The van der Waals surface area contributed by atoms with Gasteiger partial charge in [-0.05, 0) is 73.3 Å². The summed E-state index contributed by atoms with van der Waals surface area (Å²) in [5, 5.41) is 5.75. The van der Waals surface area contributed by atoms with Gasteiger partial charge in [0.05, 0.1) is 0 Å². The van der Waals surface area contributed by atoms with E-state index in [1.54, 1.807) is 32.6 Å². The van der Waals surface area contributed by atoms with Gasteiger partial charge in [-0.15, -0.1) is 0 Å². The Labute approximate surface area is 198 Å². The number of carbonyl (C=O) groups excluding carboxylic acids is 3. The van der Waals surface area contributed by atoms with Crippen LogP contribution in [0.2, 0.25) is 0 Å². The lowest BCUT2D eigenvalue weighted by Gasteiger charge is -2.34. The molecule has 0 radical (unpaired) electrons. The molecule has 0 bridgehead atoms. The number of amides is 3. The lowest BCUT2D eigenvalue weighted by atomic mass is 9.98. The van der Waals surface area contributed by atoms with Crippen molar-refractivity contribution >= 4 is 17.9 Å². The third-order valence-electron chi connectivity index (χ3n) is 5.50. The van der Waals surface area contributed by atoms with Gasteiger partial charge in [0.25, 0.3) is 0 Å². The molecule has 7 nitrogen and oxygen atoms in total. The zero-order chi connectivity index (χ0) is 24.9. The van der Waals surface area contributed by atoms with Crippen molar-refractivity contribution in [2.24, 2.45) is 0 Å². The predicted octanol–water partition coefficient (Wildman–Crippen LogP) is 4.55. The zero-order valence-corrected chi connectivity index (χ0v) is 21.5. The normalized spacial score (nSPS) is 16.4. The highest BCUT2D eigenvalue weighted by atomic mass is 16.6. The third-order valence-corrected chi connectivity index (χ3v) is 5.50. The van der Waals surface area contributed by atoms with Gasteiger partial charge < -0.3 is 20.3 Å². The fourth-order valence-electron chi connectivity index (χ4n) is 4.07. The highest BCUT2D eigenvalue weighted by Gasteiger charge is 2.43. The van der Waals surface area contributed by atoms with Crippen molar-refractivity contribution in [2.45, 2.75) is 111 Å². The van der Waals surface area contributed by atoms with E-state index in [0.717, 1.165) is 42.4 Å². The first kappa shape index (κ1) is 26.7. The summed E-state index contributed by atoms with van der Waals surface area (Å²) in [7, 11) is 0. The van der Waals surface area contributed by atoms with Crippen LogP contribution in [0.5, 0.6) is 0 Å². The molecule has 0 heterocycles. The zero-order valence-electron chi connectivity index (χ0n) is 21.5. The average Bonchev–Trinajstić information content (AvgIpc) is 3.47. The summed E-state index contributed by atoms with van der Waals surface area (Å²) in [5.41, 5.74) is 2.19. The predicted molar refractivity (Wildman–Crippen MR) is 130 cm³/mol. The van der Waals surface area contributed by atoms with Crippen molar-refractivity contribution in [3.05, 3.63) is 34.9 Å². The van der Waals surface area contributed by atoms with Gasteiger partial charge in [-0.1, -0.05) is 42.7 Å². The second kappa shape index (κ2) is 11.0. The van der Waals surface area contributed by atoms with Crippen LogP contribution in [0.1, 0.15) is 90.0 Å². The van der Waals surface area contributed by atoms with E-state index in [2.05, 4.69) is 17.6 Å². The van der Waals surface area contributed by atoms with Gasteiger partial charge in [0.2, 0.25) is 11.8 Å². The SMILES string of the molecule is CCCC(C)NC(=O)C(c1cc(C)cc(C)c1)N(C(=O)C(C)NC(=O)OC(C)(C)C)C1CC1. The molecule has 1 fully saturated rings. The highest BCUT2D eigenvalue weighted by molar-refractivity contribution is 5.92. The Kier molecular flexibility index (Phi) is 8.92. The molecule has 0 aromatic heterocycles. The van der Waals surface area contributed by atoms with Crippen LogP contribution in [0.4, 0.5) is 4.79 Å². The third kappa shape index (κ3) is 8.06. The second-order valence-corrected chi connectivity index (χ2v) is 10.4. The summed E-state index contributed by atoms with van der Waals surface area (Å²) < 4.78 is 5.32. The van der Waals surface area contributed by atoms with Crippen LogP contribution in [0.15, 0.2) is 18.2 Å². The minimum absolute atomic E-state index is 0.00405. The summed E-state index contributed by atoms with van der Waals surface area (Å²) in [6.07, 6.45) is 2.84. The smallest absolute Gasteiger partial charge is 0.408 e. The molecule has 0 spiro atoms. The minimum atomic E-state index is -0.824. The molecule has 2 rings (SSSR count). The lowest BCUT2D eigenvalue weighted by molar-refractivity contribution is -0.143. The first-order chi connectivity index (χ1) is 15.3. The van der Waals surface area contributed by atoms with Crippen molar-refractivity contribution in [1.82, 2.24) is 15.5 Å². The van der Waals surface area contributed by atoms with Crippen LogP contribution in [0.3, 0.4) is 0 Å². The van der Waals surface area contributed by atoms with Gasteiger partial charge in [0.1, 0.15) is 17.7 Å². The van der Waals surface area contributed by atoms with E-state index in [-0.39, 0.29) is 23.9 Å². The summed E-state index contributed by atoms with van der Waals surface area (Å²) in [5.74, 6) is -0.475. The van der Waals surface area contributed by atoms with Gasteiger partial charge >= 0.3 is 6.09 Å². The van der Waals surface area contributed by atoms with E-state index in [9.17, 15) is 14.4 Å². The molecule has 33 heavy (non-hydrogen) atoms. The maximum Gasteiger partial charge on any atom is 0.408 e. The molecule has 1 aromatic carbocycles. The van der Waals surface area contributed by atoms with Crippen molar-refractivity contribution in [1.29, 1.82) is 0 Å². The number of aryl methyl sites for hydroxylation is 2. The molecule has 1 aromatic rings. The van der Waals surface area contributed by atoms with Crippen LogP contribution in [0.25, 0.3) is 0 Å². The minimum Gasteiger partial charge on any atom is -0.444 e. The molecular formula is C26H41N3O4. The molecule has 184 valence electrons. The Bertz CT molecular complexity index is 837. The molecule has 3 atom stereocenters. The lowest BCUT2D eigenvalue weighted by Crippen LogP contribution is -2.53. The first-order valence-electron chi connectivity index (χ1n) is 12.0. The average molecular weight is 460 g/mol. The molecule has 1 aliphatic carbocycles. The Hall–Kier alpha value is -2.57. The first-order valence-corrected chi connectivity index (χ1v) is 12.0. The molecule has 0 aliphatic heterocycles. The number of hydrogen-bond acceptors (Lipinski definition) is 4. The number of alkyl carbamates (subject to hydrolysis) is 1. The van der Waals surface area contributed by atoms with Gasteiger partial charge in [-0.2, -0.15) is 0 Å². The topological polar surface area (TPSA) is 87.7 Å². The Morgan fingerprint density at radius 3 is 2.12 bits per heavy atom. The molecule has 1 saturated carbocycles. The number of benzene rings is 1. The van der Waals surface area contributed by atoms with E-state index in [1.165, 1.54) is 0 Å². The summed E-state index contributed by atoms with van der Waals surface area (Å²) in [6, 6.07) is 4.38. The molecular weight excluding hydrogens is 418 g/mol.